The first-order valence-corrected chi connectivity index (χ1v) is 6.69. The maximum absolute atomic E-state index is 11.1. The van der Waals surface area contributed by atoms with Gasteiger partial charge in [0, 0.05) is 16.0 Å². The number of carbonyl (C=O) groups excluding carboxylic acids is 1. The molecule has 0 bridgehead atoms. The van der Waals surface area contributed by atoms with E-state index in [1.807, 2.05) is 35.9 Å². The molecule has 0 radical (unpaired) electrons. The molecule has 19 heavy (non-hydrogen) atoms. The minimum atomic E-state index is -0.405. The lowest BCUT2D eigenvalue weighted by molar-refractivity contribution is -0.150. The molecule has 0 fully saturated rings. The smallest absolute Gasteiger partial charge is 0.327 e. The predicted octanol–water partition coefficient (Wildman–Crippen LogP) is 1.95. The number of fused-ring (bicyclic) bond motifs is 1. The van der Waals surface area contributed by atoms with E-state index >= 15 is 0 Å². The molecule has 0 unspecified atom stereocenters. The van der Waals surface area contributed by atoms with Gasteiger partial charge in [-0.05, 0) is 17.5 Å². The Bertz CT molecular complexity index is 589. The van der Waals surface area contributed by atoms with Crippen molar-refractivity contribution in [2.45, 2.75) is 11.3 Å². The molecule has 0 amide bonds. The van der Waals surface area contributed by atoms with Crippen molar-refractivity contribution in [3.8, 4) is 5.75 Å². The number of hydrogen-bond donors (Lipinski definition) is 3. The number of phenolic OH excluding ortho intramolecular Hbond substituents is 1. The molecule has 4 N–H and O–H groups in total. The lowest BCUT2D eigenvalue weighted by atomic mass is 10.1. The van der Waals surface area contributed by atoms with Crippen LogP contribution in [0.5, 0.6) is 5.75 Å². The molecule has 0 atom stereocenters. The average molecular weight is 278 g/mol. The summed E-state index contributed by atoms with van der Waals surface area (Å²) in [6, 6.07) is 11.1. The van der Waals surface area contributed by atoms with Crippen molar-refractivity contribution in [2.75, 3.05) is 5.75 Å². The highest BCUT2D eigenvalue weighted by atomic mass is 32.2. The predicted molar refractivity (Wildman–Crippen MR) is 74.4 cm³/mol. The van der Waals surface area contributed by atoms with Gasteiger partial charge in [0.2, 0.25) is 0 Å². The number of hydrogen-bond acceptors (Lipinski definition) is 6. The van der Waals surface area contributed by atoms with Gasteiger partial charge in [0.1, 0.15) is 5.75 Å². The largest absolute Gasteiger partial charge is 0.507 e. The van der Waals surface area contributed by atoms with Crippen molar-refractivity contribution in [3.63, 3.8) is 0 Å². The van der Waals surface area contributed by atoms with Crippen LogP contribution in [0.4, 0.5) is 0 Å². The van der Waals surface area contributed by atoms with Crippen molar-refractivity contribution in [2.24, 2.45) is 5.84 Å². The van der Waals surface area contributed by atoms with Crippen LogP contribution < -0.4 is 11.4 Å². The van der Waals surface area contributed by atoms with Crippen LogP contribution in [0.2, 0.25) is 0 Å². The average Bonchev–Trinajstić information content (AvgIpc) is 2.42. The third kappa shape index (κ3) is 3.37. The molecule has 0 saturated heterocycles. The lowest BCUT2D eigenvalue weighted by Crippen LogP contribution is -2.26. The summed E-state index contributed by atoms with van der Waals surface area (Å²) < 4.78 is 0. The number of aromatic hydroxyl groups is 1. The van der Waals surface area contributed by atoms with Crippen LogP contribution in [0.3, 0.4) is 0 Å². The fourth-order valence-corrected chi connectivity index (χ4v) is 2.73. The molecule has 0 saturated carbocycles. The highest BCUT2D eigenvalue weighted by molar-refractivity contribution is 7.99. The number of benzene rings is 2. The first-order valence-electron chi connectivity index (χ1n) is 5.71. The molecule has 0 spiro atoms. The minimum Gasteiger partial charge on any atom is -0.507 e. The number of thioether (sulfide) groups is 1. The van der Waals surface area contributed by atoms with Crippen molar-refractivity contribution < 1.29 is 14.7 Å². The highest BCUT2D eigenvalue weighted by Crippen LogP contribution is 2.33. The molecule has 0 aliphatic carbocycles. The zero-order valence-corrected chi connectivity index (χ0v) is 10.9. The Morgan fingerprint density at radius 3 is 2.74 bits per heavy atom. The number of hydrazine groups is 1. The number of phenols is 1. The standard InChI is InChI=1S/C13H14N2O3S/c14-15-18-13(17)7-8-19-12-6-5-11(16)9-3-1-2-4-10(9)12/h1-6,15-16H,7-8,14H2. The van der Waals surface area contributed by atoms with Gasteiger partial charge in [-0.2, -0.15) is 0 Å². The second-order valence-electron chi connectivity index (χ2n) is 3.82. The SMILES string of the molecule is NNOC(=O)CCSc1ccc(O)c2ccccc12. The fraction of sp³-hybridized carbons (Fsp3) is 0.154. The summed E-state index contributed by atoms with van der Waals surface area (Å²) in [6.45, 7) is 0. The molecule has 6 heteroatoms. The highest BCUT2D eigenvalue weighted by Gasteiger charge is 2.07. The van der Waals surface area contributed by atoms with E-state index in [2.05, 4.69) is 4.84 Å². The van der Waals surface area contributed by atoms with Crippen LogP contribution in [0.25, 0.3) is 10.8 Å². The third-order valence-corrected chi connectivity index (χ3v) is 3.67. The molecule has 2 aromatic rings. The molecule has 100 valence electrons. The first-order chi connectivity index (χ1) is 9.22. The zero-order valence-electron chi connectivity index (χ0n) is 10.1. The third-order valence-electron chi connectivity index (χ3n) is 2.60. The number of nitrogens with one attached hydrogen (secondary N) is 1. The number of carbonyl (C=O) groups is 1. The van der Waals surface area contributed by atoms with E-state index in [4.69, 9.17) is 5.84 Å². The Balaban J connectivity index is 2.09. The summed E-state index contributed by atoms with van der Waals surface area (Å²) in [5.74, 6) is 5.31. The van der Waals surface area contributed by atoms with Crippen LogP contribution in [0, 0.1) is 0 Å². The molecule has 2 aromatic carbocycles. The van der Waals surface area contributed by atoms with Crippen molar-refractivity contribution >= 4 is 28.5 Å². The van der Waals surface area contributed by atoms with Gasteiger partial charge in [0.05, 0.1) is 6.42 Å². The Labute approximate surface area is 114 Å². The van der Waals surface area contributed by atoms with E-state index < -0.39 is 5.97 Å². The van der Waals surface area contributed by atoms with Crippen LogP contribution >= 0.6 is 11.8 Å². The van der Waals surface area contributed by atoms with E-state index in [1.54, 1.807) is 6.07 Å². The van der Waals surface area contributed by atoms with E-state index in [-0.39, 0.29) is 12.2 Å². The van der Waals surface area contributed by atoms with E-state index in [1.165, 1.54) is 11.8 Å². The number of rotatable bonds is 5. The van der Waals surface area contributed by atoms with Crippen LogP contribution in [0.15, 0.2) is 41.3 Å². The second-order valence-corrected chi connectivity index (χ2v) is 4.96. The zero-order chi connectivity index (χ0) is 13.7. The molecule has 0 heterocycles. The van der Waals surface area contributed by atoms with Gasteiger partial charge in [-0.15, -0.1) is 11.8 Å². The fourth-order valence-electron chi connectivity index (χ4n) is 1.74. The second kappa shape index (κ2) is 6.42. The van der Waals surface area contributed by atoms with Gasteiger partial charge < -0.3 is 9.94 Å². The molecule has 5 nitrogen and oxygen atoms in total. The van der Waals surface area contributed by atoms with Crippen LogP contribution in [-0.4, -0.2) is 16.8 Å². The van der Waals surface area contributed by atoms with Gasteiger partial charge in [-0.25, -0.2) is 5.84 Å². The summed E-state index contributed by atoms with van der Waals surface area (Å²) in [5.41, 5.74) is 1.86. The van der Waals surface area contributed by atoms with Crippen molar-refractivity contribution in [1.82, 2.24) is 5.59 Å². The molecule has 2 rings (SSSR count). The van der Waals surface area contributed by atoms with Gasteiger partial charge in [-0.3, -0.25) is 4.79 Å². The monoisotopic (exact) mass is 278 g/mol. The van der Waals surface area contributed by atoms with Crippen LogP contribution in [0.1, 0.15) is 6.42 Å². The Morgan fingerprint density at radius 2 is 2.00 bits per heavy atom. The first kappa shape index (κ1) is 13.7. The maximum atomic E-state index is 11.1. The summed E-state index contributed by atoms with van der Waals surface area (Å²) in [4.78, 5) is 16.6. The Morgan fingerprint density at radius 1 is 1.26 bits per heavy atom. The van der Waals surface area contributed by atoms with Crippen molar-refractivity contribution in [3.05, 3.63) is 36.4 Å². The van der Waals surface area contributed by atoms with Gasteiger partial charge in [-0.1, -0.05) is 29.9 Å². The van der Waals surface area contributed by atoms with Gasteiger partial charge in [0.25, 0.3) is 0 Å². The summed E-state index contributed by atoms with van der Waals surface area (Å²) in [7, 11) is 0. The summed E-state index contributed by atoms with van der Waals surface area (Å²) in [6.07, 6.45) is 0.254. The van der Waals surface area contributed by atoms with E-state index in [0.29, 0.717) is 5.75 Å². The molecule has 0 aromatic heterocycles. The maximum Gasteiger partial charge on any atom is 0.327 e. The normalized spacial score (nSPS) is 10.6. The van der Waals surface area contributed by atoms with Crippen molar-refractivity contribution in [1.29, 1.82) is 0 Å². The summed E-state index contributed by atoms with van der Waals surface area (Å²) >= 11 is 1.53. The molecule has 0 aliphatic heterocycles. The topological polar surface area (TPSA) is 84.6 Å². The minimum absolute atomic E-state index is 0.254. The molecule has 0 aliphatic rings. The Kier molecular flexibility index (Phi) is 4.62. The molecular formula is C13H14N2O3S. The van der Waals surface area contributed by atoms with Crippen LogP contribution in [-0.2, 0) is 9.63 Å². The quantitative estimate of drug-likeness (QED) is 0.440. The molecular weight excluding hydrogens is 264 g/mol. The lowest BCUT2D eigenvalue weighted by Gasteiger charge is -2.07. The van der Waals surface area contributed by atoms with Gasteiger partial charge >= 0.3 is 5.97 Å². The number of nitrogens with two attached hydrogens (primary N) is 1. The van der Waals surface area contributed by atoms with E-state index in [0.717, 1.165) is 15.7 Å². The van der Waals surface area contributed by atoms with E-state index in [9.17, 15) is 9.90 Å². The van der Waals surface area contributed by atoms with Gasteiger partial charge in [0.15, 0.2) is 0 Å². The summed E-state index contributed by atoms with van der Waals surface area (Å²) in [5, 5.41) is 11.5. The Hall–Kier alpha value is -1.76.